The molecule has 4 rings (SSSR count). The first-order chi connectivity index (χ1) is 16.9. The SMILES string of the molecule is CNS(=O)(=O)c1ccc(N2CCC(C)C2=O)cc1.CNS(=O)(=O)c1ccc(N2CCC(O)C2=O)cc1. The van der Waals surface area contributed by atoms with Crippen molar-refractivity contribution in [3.05, 3.63) is 48.5 Å². The molecule has 2 unspecified atom stereocenters. The van der Waals surface area contributed by atoms with Gasteiger partial charge in [0.2, 0.25) is 26.0 Å². The Morgan fingerprint density at radius 2 is 1.11 bits per heavy atom. The summed E-state index contributed by atoms with van der Waals surface area (Å²) in [6.45, 7) is 3.04. The van der Waals surface area contributed by atoms with Crippen molar-refractivity contribution in [1.82, 2.24) is 9.44 Å². The Bertz CT molecular complexity index is 1210. The maximum absolute atomic E-state index is 11.8. The van der Waals surface area contributed by atoms with Gasteiger partial charge in [-0.05, 0) is 69.0 Å². The zero-order chi connectivity index (χ0) is 26.7. The molecule has 2 aliphatic rings. The van der Waals surface area contributed by atoms with E-state index in [4.69, 9.17) is 0 Å². The van der Waals surface area contributed by atoms with Crippen LogP contribution in [0.5, 0.6) is 0 Å². The van der Waals surface area contributed by atoms with Crippen molar-refractivity contribution in [2.45, 2.75) is 35.7 Å². The highest BCUT2D eigenvalue weighted by atomic mass is 32.2. The Kier molecular flexibility index (Phi) is 8.52. The first-order valence-corrected chi connectivity index (χ1v) is 14.3. The van der Waals surface area contributed by atoms with Crippen LogP contribution in [0.15, 0.2) is 58.3 Å². The Balaban J connectivity index is 0.000000201. The van der Waals surface area contributed by atoms with E-state index in [-0.39, 0.29) is 27.5 Å². The van der Waals surface area contributed by atoms with Crippen LogP contribution < -0.4 is 19.2 Å². The fraction of sp³-hybridized carbons (Fsp3) is 0.391. The number of hydrogen-bond acceptors (Lipinski definition) is 7. The van der Waals surface area contributed by atoms with Crippen LogP contribution >= 0.6 is 0 Å². The molecular weight excluding hydrogens is 508 g/mol. The number of aliphatic hydroxyl groups is 1. The molecule has 2 heterocycles. The molecular formula is C23H30N4O7S2. The third-order valence-electron chi connectivity index (χ3n) is 6.11. The van der Waals surface area contributed by atoms with Gasteiger partial charge in [0.25, 0.3) is 5.91 Å². The molecule has 0 saturated carbocycles. The standard InChI is InChI=1S/C12H16N2O3S.C11H14N2O4S/c1-9-7-8-14(12(9)15)10-3-5-11(6-4-10)18(16,17)13-2;1-12-18(16,17)9-4-2-8(3-5-9)13-7-6-10(14)11(13)15/h3-6,9,13H,7-8H2,1-2H3;2-5,10,12,14H,6-7H2,1H3. The number of benzene rings is 2. The zero-order valence-corrected chi connectivity index (χ0v) is 21.8. The van der Waals surface area contributed by atoms with Crippen LogP contribution in [-0.2, 0) is 29.6 Å². The topological polar surface area (TPSA) is 153 Å². The molecule has 2 aromatic carbocycles. The van der Waals surface area contributed by atoms with Crippen molar-refractivity contribution in [2.24, 2.45) is 5.92 Å². The summed E-state index contributed by atoms with van der Waals surface area (Å²) in [5.41, 5.74) is 1.34. The maximum Gasteiger partial charge on any atom is 0.255 e. The van der Waals surface area contributed by atoms with Gasteiger partial charge in [-0.3, -0.25) is 9.59 Å². The largest absolute Gasteiger partial charge is 0.383 e. The minimum absolute atomic E-state index is 0.0470. The summed E-state index contributed by atoms with van der Waals surface area (Å²) in [4.78, 5) is 26.9. The number of carbonyl (C=O) groups excluding carboxylic acids is 2. The van der Waals surface area contributed by atoms with E-state index >= 15 is 0 Å². The van der Waals surface area contributed by atoms with E-state index in [9.17, 15) is 31.5 Å². The van der Waals surface area contributed by atoms with Gasteiger partial charge < -0.3 is 14.9 Å². The molecule has 196 valence electrons. The van der Waals surface area contributed by atoms with Gasteiger partial charge in [0.15, 0.2) is 0 Å². The number of aliphatic hydroxyl groups excluding tert-OH is 1. The minimum atomic E-state index is -3.47. The quantitative estimate of drug-likeness (QED) is 0.488. The van der Waals surface area contributed by atoms with Crippen molar-refractivity contribution >= 4 is 43.2 Å². The molecule has 13 heteroatoms. The molecule has 2 fully saturated rings. The minimum Gasteiger partial charge on any atom is -0.383 e. The lowest BCUT2D eigenvalue weighted by molar-refractivity contribution is -0.124. The summed E-state index contributed by atoms with van der Waals surface area (Å²) in [7, 11) is -4.17. The fourth-order valence-corrected chi connectivity index (χ4v) is 5.31. The van der Waals surface area contributed by atoms with Crippen LogP contribution in [0.4, 0.5) is 11.4 Å². The number of amides is 2. The number of rotatable bonds is 6. The molecule has 36 heavy (non-hydrogen) atoms. The van der Waals surface area contributed by atoms with Crippen LogP contribution in [0.25, 0.3) is 0 Å². The molecule has 2 amide bonds. The van der Waals surface area contributed by atoms with Crippen molar-refractivity contribution < 1.29 is 31.5 Å². The highest BCUT2D eigenvalue weighted by molar-refractivity contribution is 7.89. The van der Waals surface area contributed by atoms with Crippen LogP contribution in [0.1, 0.15) is 19.8 Å². The summed E-state index contributed by atoms with van der Waals surface area (Å²) >= 11 is 0. The Morgan fingerprint density at radius 1 is 0.722 bits per heavy atom. The lowest BCUT2D eigenvalue weighted by Crippen LogP contribution is -2.29. The van der Waals surface area contributed by atoms with Gasteiger partial charge in [0.05, 0.1) is 9.79 Å². The predicted molar refractivity (Wildman–Crippen MR) is 134 cm³/mol. The molecule has 2 aromatic rings. The van der Waals surface area contributed by atoms with Gasteiger partial charge >= 0.3 is 0 Å². The molecule has 2 atom stereocenters. The van der Waals surface area contributed by atoms with Crippen LogP contribution in [0.2, 0.25) is 0 Å². The average molecular weight is 539 g/mol. The molecule has 11 nitrogen and oxygen atoms in total. The van der Waals surface area contributed by atoms with Gasteiger partial charge in [0.1, 0.15) is 6.10 Å². The second kappa shape index (κ2) is 11.0. The van der Waals surface area contributed by atoms with E-state index in [1.807, 2.05) is 6.92 Å². The highest BCUT2D eigenvalue weighted by Crippen LogP contribution is 2.26. The molecule has 0 aromatic heterocycles. The van der Waals surface area contributed by atoms with Crippen molar-refractivity contribution in [3.8, 4) is 0 Å². The first-order valence-electron chi connectivity index (χ1n) is 11.3. The monoisotopic (exact) mass is 538 g/mol. The van der Waals surface area contributed by atoms with Crippen LogP contribution in [0.3, 0.4) is 0 Å². The Hall–Kier alpha value is -2.84. The molecule has 2 aliphatic heterocycles. The summed E-state index contributed by atoms with van der Waals surface area (Å²) in [6, 6.07) is 12.3. The third-order valence-corrected chi connectivity index (χ3v) is 8.97. The highest BCUT2D eigenvalue weighted by Gasteiger charge is 2.31. The van der Waals surface area contributed by atoms with Gasteiger partial charge in [0, 0.05) is 36.8 Å². The number of hydrogen-bond donors (Lipinski definition) is 3. The number of nitrogens with zero attached hydrogens (tertiary/aromatic N) is 2. The molecule has 0 aliphatic carbocycles. The lowest BCUT2D eigenvalue weighted by atomic mass is 10.1. The summed E-state index contributed by atoms with van der Waals surface area (Å²) in [6.07, 6.45) is 0.288. The van der Waals surface area contributed by atoms with Gasteiger partial charge in [-0.15, -0.1) is 0 Å². The van der Waals surface area contributed by atoms with Crippen molar-refractivity contribution in [3.63, 3.8) is 0 Å². The van der Waals surface area contributed by atoms with Crippen LogP contribution in [0, 0.1) is 5.92 Å². The van der Waals surface area contributed by atoms with Crippen molar-refractivity contribution in [1.29, 1.82) is 0 Å². The van der Waals surface area contributed by atoms with E-state index in [1.54, 1.807) is 29.2 Å². The second-order valence-electron chi connectivity index (χ2n) is 8.38. The Labute approximate surface area is 211 Å². The number of anilines is 2. The smallest absolute Gasteiger partial charge is 0.255 e. The van der Waals surface area contributed by atoms with E-state index in [0.29, 0.717) is 25.2 Å². The van der Waals surface area contributed by atoms with E-state index in [1.165, 1.54) is 43.3 Å². The van der Waals surface area contributed by atoms with Gasteiger partial charge in [-0.1, -0.05) is 6.92 Å². The number of sulfonamides is 2. The van der Waals surface area contributed by atoms with Gasteiger partial charge in [-0.2, -0.15) is 0 Å². The number of nitrogens with one attached hydrogen (secondary N) is 2. The fourth-order valence-electron chi connectivity index (χ4n) is 3.85. The predicted octanol–water partition coefficient (Wildman–Crippen LogP) is 0.660. The average Bonchev–Trinajstić information content (AvgIpc) is 3.40. The Morgan fingerprint density at radius 3 is 1.42 bits per heavy atom. The van der Waals surface area contributed by atoms with Gasteiger partial charge in [-0.25, -0.2) is 26.3 Å². The normalized spacial score (nSPS) is 20.4. The second-order valence-corrected chi connectivity index (χ2v) is 12.1. The summed E-state index contributed by atoms with van der Waals surface area (Å²) in [5.74, 6) is -0.204. The van der Waals surface area contributed by atoms with E-state index < -0.39 is 26.2 Å². The maximum atomic E-state index is 11.8. The molecule has 0 radical (unpaired) electrons. The summed E-state index contributed by atoms with van der Waals surface area (Å²) < 4.78 is 50.6. The first kappa shape index (κ1) is 27.7. The summed E-state index contributed by atoms with van der Waals surface area (Å²) in [5, 5.41) is 9.35. The van der Waals surface area contributed by atoms with Crippen molar-refractivity contribution in [2.75, 3.05) is 37.0 Å². The molecule has 2 saturated heterocycles. The van der Waals surface area contributed by atoms with E-state index in [2.05, 4.69) is 9.44 Å². The lowest BCUT2D eigenvalue weighted by Gasteiger charge is -2.16. The third kappa shape index (κ3) is 5.93. The molecule has 0 spiro atoms. The number of carbonyl (C=O) groups is 2. The zero-order valence-electron chi connectivity index (χ0n) is 20.2. The molecule has 0 bridgehead atoms. The molecule has 3 N–H and O–H groups in total. The van der Waals surface area contributed by atoms with Crippen LogP contribution in [-0.4, -0.2) is 67.0 Å². The van der Waals surface area contributed by atoms with E-state index in [0.717, 1.165) is 12.1 Å².